The Labute approximate surface area is 203 Å². The summed E-state index contributed by atoms with van der Waals surface area (Å²) in [5, 5.41) is 0. The molecule has 8 heteroatoms. The number of thiocarbonyl (C=S) groups is 1. The summed E-state index contributed by atoms with van der Waals surface area (Å²) < 4.78 is 13.9. The van der Waals surface area contributed by atoms with Gasteiger partial charge in [-0.25, -0.2) is 0 Å². The molecule has 3 rings (SSSR count). The molecule has 0 atom stereocenters. The first-order chi connectivity index (χ1) is 14.3. The van der Waals surface area contributed by atoms with Crippen LogP contribution in [0.15, 0.2) is 50.2 Å². The number of rotatable bonds is 7. The van der Waals surface area contributed by atoms with Gasteiger partial charge < -0.3 is 9.47 Å². The predicted octanol–water partition coefficient (Wildman–Crippen LogP) is 6.66. The molecule has 0 aliphatic carbocycles. The van der Waals surface area contributed by atoms with Crippen molar-refractivity contribution in [1.29, 1.82) is 0 Å². The van der Waals surface area contributed by atoms with Crippen molar-refractivity contribution in [1.82, 2.24) is 4.90 Å². The Morgan fingerprint density at radius 1 is 1.20 bits per heavy atom. The van der Waals surface area contributed by atoms with Crippen molar-refractivity contribution < 1.29 is 14.3 Å². The molecule has 0 saturated carbocycles. The molecule has 0 N–H and O–H groups in total. The van der Waals surface area contributed by atoms with Crippen LogP contribution in [0.3, 0.4) is 0 Å². The first-order valence-electron chi connectivity index (χ1n) is 9.28. The smallest absolute Gasteiger partial charge is 0.266 e. The molecule has 1 aliphatic heterocycles. The first-order valence-corrected chi connectivity index (χ1v) is 12.1. The summed E-state index contributed by atoms with van der Waals surface area (Å²) in [5.74, 6) is 1.50. The van der Waals surface area contributed by atoms with Crippen molar-refractivity contribution in [3.63, 3.8) is 0 Å². The van der Waals surface area contributed by atoms with Gasteiger partial charge in [0.15, 0.2) is 11.5 Å². The maximum atomic E-state index is 12.7. The van der Waals surface area contributed by atoms with Gasteiger partial charge in [0.2, 0.25) is 0 Å². The Morgan fingerprint density at radius 3 is 2.53 bits per heavy atom. The molecule has 158 valence electrons. The number of amides is 1. The normalized spacial score (nSPS) is 15.4. The van der Waals surface area contributed by atoms with Gasteiger partial charge >= 0.3 is 0 Å². The lowest BCUT2D eigenvalue weighted by molar-refractivity contribution is -0.122. The molecule has 0 spiro atoms. The number of hydrogen-bond acceptors (Lipinski definition) is 5. The van der Waals surface area contributed by atoms with Crippen LogP contribution in [0.25, 0.3) is 6.08 Å². The van der Waals surface area contributed by atoms with E-state index in [9.17, 15) is 4.79 Å². The third-order valence-electron chi connectivity index (χ3n) is 4.27. The van der Waals surface area contributed by atoms with E-state index in [2.05, 4.69) is 45.7 Å². The Bertz CT molecular complexity index is 991. The van der Waals surface area contributed by atoms with Crippen LogP contribution >= 0.6 is 55.8 Å². The van der Waals surface area contributed by atoms with Gasteiger partial charge in [-0.2, -0.15) is 0 Å². The number of nitrogens with zero attached hydrogens (tertiary/aromatic N) is 1. The predicted molar refractivity (Wildman–Crippen MR) is 134 cm³/mol. The van der Waals surface area contributed by atoms with Crippen LogP contribution in [0.4, 0.5) is 0 Å². The Hall–Kier alpha value is -1.35. The lowest BCUT2D eigenvalue weighted by Gasteiger charge is -2.16. The molecule has 0 aromatic heterocycles. The first kappa shape index (κ1) is 23.3. The number of carbonyl (C=O) groups excluding carboxylic acids is 1. The van der Waals surface area contributed by atoms with Crippen molar-refractivity contribution in [3.05, 3.63) is 61.4 Å². The zero-order chi connectivity index (χ0) is 21.8. The maximum absolute atomic E-state index is 12.7. The quantitative estimate of drug-likeness (QED) is 0.275. The third kappa shape index (κ3) is 5.66. The lowest BCUT2D eigenvalue weighted by atomic mass is 10.1. The molecule has 30 heavy (non-hydrogen) atoms. The second-order valence-corrected chi connectivity index (χ2v) is 10.6. The van der Waals surface area contributed by atoms with E-state index in [1.54, 1.807) is 12.0 Å². The fourth-order valence-electron chi connectivity index (χ4n) is 2.87. The lowest BCUT2D eigenvalue weighted by Crippen LogP contribution is -2.31. The van der Waals surface area contributed by atoms with Crippen molar-refractivity contribution in [2.75, 3.05) is 13.7 Å². The number of benzene rings is 2. The van der Waals surface area contributed by atoms with Crippen LogP contribution in [-0.4, -0.2) is 28.8 Å². The summed E-state index contributed by atoms with van der Waals surface area (Å²) >= 11 is 13.7. The minimum Gasteiger partial charge on any atom is -0.493 e. The molecule has 1 saturated heterocycles. The van der Waals surface area contributed by atoms with E-state index in [4.69, 9.17) is 21.7 Å². The highest BCUT2D eigenvalue weighted by Crippen LogP contribution is 2.39. The van der Waals surface area contributed by atoms with Gasteiger partial charge in [0.1, 0.15) is 10.9 Å². The summed E-state index contributed by atoms with van der Waals surface area (Å²) in [5.41, 5.74) is 1.88. The standard InChI is InChI=1S/C22H21Br2NO3S2/c1-13(2)11-25-21(26)19(30-22(25)29)10-15-8-17(24)20(18(9-15)27-3)28-12-14-4-6-16(23)7-5-14/h4-10,13H,11-12H2,1-3H3/b19-10-. The van der Waals surface area contributed by atoms with Gasteiger partial charge in [0, 0.05) is 11.0 Å². The minimum absolute atomic E-state index is 0.0515. The van der Waals surface area contributed by atoms with E-state index in [0.29, 0.717) is 39.8 Å². The van der Waals surface area contributed by atoms with E-state index in [1.165, 1.54) is 11.8 Å². The number of hydrogen-bond donors (Lipinski definition) is 0. The van der Waals surface area contributed by atoms with Crippen molar-refractivity contribution in [3.8, 4) is 11.5 Å². The Kier molecular flexibility index (Phi) is 8.01. The molecule has 1 aliphatic rings. The second kappa shape index (κ2) is 10.3. The van der Waals surface area contributed by atoms with Crippen LogP contribution in [0.5, 0.6) is 11.5 Å². The fourth-order valence-corrected chi connectivity index (χ4v) is 4.99. The zero-order valence-corrected chi connectivity index (χ0v) is 21.6. The van der Waals surface area contributed by atoms with Crippen molar-refractivity contribution in [2.45, 2.75) is 20.5 Å². The van der Waals surface area contributed by atoms with Crippen molar-refractivity contribution in [2.24, 2.45) is 5.92 Å². The second-order valence-electron chi connectivity index (χ2n) is 7.14. The SMILES string of the molecule is COc1cc(/C=C2\SC(=S)N(CC(C)C)C2=O)cc(Br)c1OCc1ccc(Br)cc1. The highest BCUT2D eigenvalue weighted by Gasteiger charge is 2.32. The summed E-state index contributed by atoms with van der Waals surface area (Å²) in [4.78, 5) is 15.0. The number of carbonyl (C=O) groups is 1. The number of methoxy groups -OCH3 is 1. The van der Waals surface area contributed by atoms with Crippen LogP contribution in [0, 0.1) is 5.92 Å². The van der Waals surface area contributed by atoms with Gasteiger partial charge in [-0.15, -0.1) is 0 Å². The maximum Gasteiger partial charge on any atom is 0.266 e. The van der Waals surface area contributed by atoms with Gasteiger partial charge in [-0.1, -0.05) is 65.9 Å². The van der Waals surface area contributed by atoms with E-state index in [0.717, 1.165) is 20.1 Å². The van der Waals surface area contributed by atoms with Gasteiger partial charge in [0.05, 0.1) is 16.5 Å². The summed E-state index contributed by atoms with van der Waals surface area (Å²) in [6.45, 7) is 5.17. The molecule has 1 amide bonds. The molecule has 1 heterocycles. The monoisotopic (exact) mass is 569 g/mol. The average molecular weight is 571 g/mol. The fraction of sp³-hybridized carbons (Fsp3) is 0.273. The van der Waals surface area contributed by atoms with Gasteiger partial charge in [0.25, 0.3) is 5.91 Å². The van der Waals surface area contributed by atoms with E-state index in [-0.39, 0.29) is 5.91 Å². The zero-order valence-electron chi connectivity index (χ0n) is 16.8. The van der Waals surface area contributed by atoms with Gasteiger partial charge in [-0.05, 0) is 63.3 Å². The van der Waals surface area contributed by atoms with Crippen LogP contribution in [0.1, 0.15) is 25.0 Å². The molecule has 0 unspecified atom stereocenters. The van der Waals surface area contributed by atoms with Crippen LogP contribution in [0.2, 0.25) is 0 Å². The molecule has 2 aromatic carbocycles. The summed E-state index contributed by atoms with van der Waals surface area (Å²) in [7, 11) is 1.60. The number of halogens is 2. The van der Waals surface area contributed by atoms with E-state index in [1.807, 2.05) is 42.5 Å². The van der Waals surface area contributed by atoms with E-state index < -0.39 is 0 Å². The van der Waals surface area contributed by atoms with E-state index >= 15 is 0 Å². The molecule has 1 fully saturated rings. The molecule has 0 radical (unpaired) electrons. The number of thioether (sulfide) groups is 1. The highest BCUT2D eigenvalue weighted by molar-refractivity contribution is 9.10. The molecule has 4 nitrogen and oxygen atoms in total. The molecular formula is C22H21Br2NO3S2. The Morgan fingerprint density at radius 2 is 1.90 bits per heavy atom. The molecule has 2 aromatic rings. The van der Waals surface area contributed by atoms with Crippen molar-refractivity contribution >= 4 is 72.1 Å². The largest absolute Gasteiger partial charge is 0.493 e. The topological polar surface area (TPSA) is 38.8 Å². The molecular weight excluding hydrogens is 550 g/mol. The third-order valence-corrected chi connectivity index (χ3v) is 6.76. The minimum atomic E-state index is -0.0515. The Balaban J connectivity index is 1.81. The molecule has 0 bridgehead atoms. The van der Waals surface area contributed by atoms with Crippen LogP contribution < -0.4 is 9.47 Å². The average Bonchev–Trinajstić information content (AvgIpc) is 2.95. The van der Waals surface area contributed by atoms with Crippen LogP contribution in [-0.2, 0) is 11.4 Å². The summed E-state index contributed by atoms with van der Waals surface area (Å²) in [6.07, 6.45) is 1.84. The number of ether oxygens (including phenoxy) is 2. The highest BCUT2D eigenvalue weighted by atomic mass is 79.9. The summed E-state index contributed by atoms with van der Waals surface area (Å²) in [6, 6.07) is 11.7. The van der Waals surface area contributed by atoms with Gasteiger partial charge in [-0.3, -0.25) is 9.69 Å².